The van der Waals surface area contributed by atoms with Crippen molar-refractivity contribution >= 4 is 28.1 Å². The molecule has 1 amide bonds. The first-order chi connectivity index (χ1) is 15.3. The Bertz CT molecular complexity index is 961. The van der Waals surface area contributed by atoms with Gasteiger partial charge < -0.3 is 10.1 Å². The summed E-state index contributed by atoms with van der Waals surface area (Å²) in [5, 5.41) is 4.63. The summed E-state index contributed by atoms with van der Waals surface area (Å²) in [4.78, 5) is 21.0. The molecule has 174 valence electrons. The molecule has 1 atom stereocenters. The molecule has 0 aromatic carbocycles. The topological polar surface area (TPSA) is 64.1 Å². The fourth-order valence-corrected chi connectivity index (χ4v) is 3.03. The van der Waals surface area contributed by atoms with Gasteiger partial charge in [0.15, 0.2) is 0 Å². The summed E-state index contributed by atoms with van der Waals surface area (Å²) in [6.45, 7) is 16.4. The maximum Gasteiger partial charge on any atom is 0.254 e. The van der Waals surface area contributed by atoms with Crippen molar-refractivity contribution in [3.05, 3.63) is 60.1 Å². The highest BCUT2D eigenvalue weighted by atomic mass is 16.5. The van der Waals surface area contributed by atoms with Crippen LogP contribution in [0.2, 0.25) is 0 Å². The SMILES string of the molecule is C=C(/C=C(C)\C(=C/C)c1cc2cnc(NC(=O)C(C)OC)cc2cn1)CCCC.CCC. The molecule has 5 nitrogen and oxygen atoms in total. The first-order valence-corrected chi connectivity index (χ1v) is 11.4. The number of pyridine rings is 2. The van der Waals surface area contributed by atoms with Crippen LogP contribution in [0.4, 0.5) is 5.82 Å². The Hall–Kier alpha value is -2.79. The lowest BCUT2D eigenvalue weighted by Crippen LogP contribution is -2.26. The number of amides is 1. The van der Waals surface area contributed by atoms with Gasteiger partial charge in [0.1, 0.15) is 11.9 Å². The predicted octanol–water partition coefficient (Wildman–Crippen LogP) is 7.12. The van der Waals surface area contributed by atoms with Crippen molar-refractivity contribution < 1.29 is 9.53 Å². The van der Waals surface area contributed by atoms with Crippen LogP contribution < -0.4 is 5.32 Å². The summed E-state index contributed by atoms with van der Waals surface area (Å²) in [6.07, 6.45) is 11.8. The van der Waals surface area contributed by atoms with E-state index in [2.05, 4.69) is 61.7 Å². The number of hydrogen-bond acceptors (Lipinski definition) is 4. The number of hydrogen-bond donors (Lipinski definition) is 1. The fourth-order valence-electron chi connectivity index (χ4n) is 3.03. The van der Waals surface area contributed by atoms with Crippen molar-refractivity contribution in [3.8, 4) is 0 Å². The highest BCUT2D eigenvalue weighted by Gasteiger charge is 2.13. The van der Waals surface area contributed by atoms with Crippen LogP contribution in [0.5, 0.6) is 0 Å². The Kier molecular flexibility index (Phi) is 12.2. The first-order valence-electron chi connectivity index (χ1n) is 11.4. The van der Waals surface area contributed by atoms with E-state index in [4.69, 9.17) is 4.74 Å². The van der Waals surface area contributed by atoms with E-state index < -0.39 is 6.10 Å². The Labute approximate surface area is 193 Å². The van der Waals surface area contributed by atoms with Gasteiger partial charge in [-0.05, 0) is 56.9 Å². The van der Waals surface area contributed by atoms with Gasteiger partial charge in [-0.15, -0.1) is 0 Å². The van der Waals surface area contributed by atoms with Gasteiger partial charge in [0, 0.05) is 30.3 Å². The Morgan fingerprint density at radius 1 is 1.19 bits per heavy atom. The molecule has 1 N–H and O–H groups in total. The molecule has 32 heavy (non-hydrogen) atoms. The smallest absolute Gasteiger partial charge is 0.254 e. The molecule has 0 bridgehead atoms. The average Bonchev–Trinajstić information content (AvgIpc) is 2.78. The van der Waals surface area contributed by atoms with Crippen LogP contribution >= 0.6 is 0 Å². The molecule has 2 aromatic rings. The Morgan fingerprint density at radius 3 is 2.41 bits per heavy atom. The standard InChI is InChI=1S/C24H31N3O2.C3H8/c1-7-9-10-16(3)11-17(4)21(8-2)22-12-19-15-26-23(13-20(19)14-25-22)27-24(28)18(5)29-6;1-3-2/h8,11-15,18H,3,7,9-10H2,1-2,4-6H3,(H,26,27,28);3H2,1-2H3/b17-11-,21-8+;. The highest BCUT2D eigenvalue weighted by molar-refractivity contribution is 5.95. The minimum absolute atomic E-state index is 0.232. The maximum absolute atomic E-state index is 12.0. The minimum Gasteiger partial charge on any atom is -0.372 e. The molecule has 1 unspecified atom stereocenters. The van der Waals surface area contributed by atoms with E-state index >= 15 is 0 Å². The number of methoxy groups -OCH3 is 1. The van der Waals surface area contributed by atoms with Crippen molar-refractivity contribution in [1.82, 2.24) is 9.97 Å². The quantitative estimate of drug-likeness (QED) is 0.424. The second-order valence-electron chi connectivity index (χ2n) is 7.85. The number of fused-ring (bicyclic) bond motifs is 1. The number of carbonyl (C=O) groups excluding carboxylic acids is 1. The molecule has 2 rings (SSSR count). The Morgan fingerprint density at radius 2 is 1.81 bits per heavy atom. The number of ether oxygens (including phenoxy) is 1. The molecule has 0 aliphatic carbocycles. The first kappa shape index (κ1) is 27.2. The third-order valence-electron chi connectivity index (χ3n) is 4.84. The molecule has 0 saturated carbocycles. The van der Waals surface area contributed by atoms with Gasteiger partial charge in [-0.2, -0.15) is 0 Å². The third kappa shape index (κ3) is 8.39. The minimum atomic E-state index is -0.535. The zero-order valence-electron chi connectivity index (χ0n) is 20.8. The maximum atomic E-state index is 12.0. The lowest BCUT2D eigenvalue weighted by atomic mass is 9.98. The van der Waals surface area contributed by atoms with E-state index in [0.717, 1.165) is 52.4 Å². The number of nitrogens with one attached hydrogen (secondary N) is 1. The van der Waals surface area contributed by atoms with Crippen LogP contribution in [0.1, 0.15) is 72.9 Å². The van der Waals surface area contributed by atoms with Gasteiger partial charge in [0.05, 0.1) is 5.69 Å². The Balaban J connectivity index is 0.00000161. The van der Waals surface area contributed by atoms with Crippen LogP contribution in [0.3, 0.4) is 0 Å². The molecular formula is C27H39N3O2. The van der Waals surface area contributed by atoms with Crippen LogP contribution in [0.25, 0.3) is 16.3 Å². The van der Waals surface area contributed by atoms with Gasteiger partial charge in [-0.3, -0.25) is 9.78 Å². The van der Waals surface area contributed by atoms with Crippen molar-refractivity contribution in [1.29, 1.82) is 0 Å². The van der Waals surface area contributed by atoms with E-state index in [9.17, 15) is 4.79 Å². The fraction of sp³-hybridized carbons (Fsp3) is 0.444. The monoisotopic (exact) mass is 437 g/mol. The number of nitrogens with zero attached hydrogens (tertiary/aromatic N) is 2. The molecule has 2 aromatic heterocycles. The number of aromatic nitrogens is 2. The zero-order valence-corrected chi connectivity index (χ0v) is 20.8. The van der Waals surface area contributed by atoms with E-state index in [-0.39, 0.29) is 5.91 Å². The van der Waals surface area contributed by atoms with E-state index in [1.165, 1.54) is 13.5 Å². The molecule has 0 radical (unpaired) electrons. The number of anilines is 1. The molecule has 0 spiro atoms. The molecule has 2 heterocycles. The van der Waals surface area contributed by atoms with Gasteiger partial charge >= 0.3 is 0 Å². The van der Waals surface area contributed by atoms with E-state index in [1.54, 1.807) is 13.1 Å². The molecule has 0 saturated heterocycles. The molecule has 0 fully saturated rings. The van der Waals surface area contributed by atoms with Crippen molar-refractivity contribution in [3.63, 3.8) is 0 Å². The van der Waals surface area contributed by atoms with E-state index in [1.807, 2.05) is 25.3 Å². The normalized spacial score (nSPS) is 12.7. The second kappa shape index (κ2) is 14.3. The zero-order chi connectivity index (χ0) is 24.1. The predicted molar refractivity (Wildman–Crippen MR) is 137 cm³/mol. The molecule has 5 heteroatoms. The number of rotatable bonds is 9. The largest absolute Gasteiger partial charge is 0.372 e. The number of allylic oxidation sites excluding steroid dienone is 5. The van der Waals surface area contributed by atoms with Crippen molar-refractivity contribution in [2.45, 2.75) is 73.3 Å². The lowest BCUT2D eigenvalue weighted by molar-refractivity contribution is -0.124. The van der Waals surface area contributed by atoms with Gasteiger partial charge in [0.25, 0.3) is 5.91 Å². The molecule has 0 aliphatic rings. The second-order valence-corrected chi connectivity index (χ2v) is 7.85. The third-order valence-corrected chi connectivity index (χ3v) is 4.84. The van der Waals surface area contributed by atoms with Gasteiger partial charge in [-0.1, -0.05) is 57.9 Å². The summed E-state index contributed by atoms with van der Waals surface area (Å²) >= 11 is 0. The van der Waals surface area contributed by atoms with Crippen molar-refractivity contribution in [2.24, 2.45) is 0 Å². The van der Waals surface area contributed by atoms with Crippen molar-refractivity contribution in [2.75, 3.05) is 12.4 Å². The summed E-state index contributed by atoms with van der Waals surface area (Å²) in [6, 6.07) is 3.84. The number of carbonyl (C=O) groups is 1. The summed E-state index contributed by atoms with van der Waals surface area (Å²) in [5.74, 6) is 0.250. The van der Waals surface area contributed by atoms with Gasteiger partial charge in [0.2, 0.25) is 0 Å². The number of unbranched alkanes of at least 4 members (excludes halogenated alkanes) is 1. The summed E-state index contributed by atoms with van der Waals surface area (Å²) in [5.41, 5.74) is 4.25. The molecular weight excluding hydrogens is 398 g/mol. The van der Waals surface area contributed by atoms with E-state index in [0.29, 0.717) is 5.82 Å². The van der Waals surface area contributed by atoms with Gasteiger partial charge in [-0.25, -0.2) is 4.98 Å². The summed E-state index contributed by atoms with van der Waals surface area (Å²) < 4.78 is 5.03. The molecule has 0 aliphatic heterocycles. The summed E-state index contributed by atoms with van der Waals surface area (Å²) in [7, 11) is 1.50. The van der Waals surface area contributed by atoms with Crippen LogP contribution in [0.15, 0.2) is 54.4 Å². The van der Waals surface area contributed by atoms with Crippen LogP contribution in [0, 0.1) is 0 Å². The van der Waals surface area contributed by atoms with Crippen LogP contribution in [-0.2, 0) is 9.53 Å². The average molecular weight is 438 g/mol. The lowest BCUT2D eigenvalue weighted by Gasteiger charge is -2.12. The highest BCUT2D eigenvalue weighted by Crippen LogP contribution is 2.26. The van der Waals surface area contributed by atoms with Crippen LogP contribution in [-0.4, -0.2) is 29.1 Å².